The third kappa shape index (κ3) is 8.87. The Balaban J connectivity index is 3.28. The smallest absolute Gasteiger partial charge is 0.303 e. The molecule has 11 heavy (non-hydrogen) atoms. The van der Waals surface area contributed by atoms with Gasteiger partial charge in [-0.3, -0.25) is 4.79 Å². The van der Waals surface area contributed by atoms with Gasteiger partial charge in [0.1, 0.15) is 5.40 Å². The maximum Gasteiger partial charge on any atom is 0.303 e. The van der Waals surface area contributed by atoms with Gasteiger partial charge >= 0.3 is 5.97 Å². The molecule has 0 saturated heterocycles. The predicted octanol–water partition coefficient (Wildman–Crippen LogP) is 0.767. The minimum absolute atomic E-state index is 0.112. The fourth-order valence-electron chi connectivity index (χ4n) is 0.308. The Hall–Kier alpha value is -1.13. The van der Waals surface area contributed by atoms with Crippen LogP contribution in [-0.4, -0.2) is 18.3 Å². The van der Waals surface area contributed by atoms with Crippen LogP contribution in [-0.2, 0) is 9.53 Å². The first-order valence-corrected chi connectivity index (χ1v) is 3.86. The summed E-state index contributed by atoms with van der Waals surface area (Å²) >= 11 is 1.06. The number of esters is 1. The third-order valence-electron chi connectivity index (χ3n) is 0.681. The van der Waals surface area contributed by atoms with E-state index in [1.54, 1.807) is 0 Å². The Morgan fingerprint density at radius 3 is 2.91 bits per heavy atom. The van der Waals surface area contributed by atoms with Crippen LogP contribution in [0.4, 0.5) is 0 Å². The number of thioether (sulfide) groups is 1. The lowest BCUT2D eigenvalue weighted by atomic mass is 10.6. The molecule has 0 fully saturated rings. The second-order valence-corrected chi connectivity index (χ2v) is 2.27. The van der Waals surface area contributed by atoms with Crippen LogP contribution in [0.5, 0.6) is 0 Å². The molecule has 0 bridgehead atoms. The second kappa shape index (κ2) is 6.98. The molecule has 0 amide bonds. The minimum atomic E-state index is -0.341. The lowest BCUT2D eigenvalue weighted by Crippen LogP contribution is -1.97. The molecule has 3 nitrogen and oxygen atoms in total. The lowest BCUT2D eigenvalue weighted by molar-refractivity contribution is -0.139. The average Bonchev–Trinajstić information content (AvgIpc) is 1.96. The zero-order valence-corrected chi connectivity index (χ0v) is 6.90. The van der Waals surface area contributed by atoms with Crippen molar-refractivity contribution in [1.82, 2.24) is 0 Å². The standard InChI is InChI=1S/C7H7NO2S/c1-7(9)10-4-2-3-5-11-6-8/h4-5H2,1H3. The summed E-state index contributed by atoms with van der Waals surface area (Å²) in [5.41, 5.74) is 0. The average molecular weight is 169 g/mol. The van der Waals surface area contributed by atoms with E-state index in [2.05, 4.69) is 16.6 Å². The summed E-state index contributed by atoms with van der Waals surface area (Å²) in [4.78, 5) is 10.2. The summed E-state index contributed by atoms with van der Waals surface area (Å²) in [6, 6.07) is 0. The molecule has 58 valence electrons. The van der Waals surface area contributed by atoms with Crippen molar-refractivity contribution in [3.63, 3.8) is 0 Å². The minimum Gasteiger partial charge on any atom is -0.453 e. The van der Waals surface area contributed by atoms with Gasteiger partial charge in [0.25, 0.3) is 0 Å². The summed E-state index contributed by atoms with van der Waals surface area (Å²) in [6.07, 6.45) is 0. The molecular weight excluding hydrogens is 162 g/mol. The molecule has 0 heterocycles. The van der Waals surface area contributed by atoms with Gasteiger partial charge in [0.15, 0.2) is 6.61 Å². The van der Waals surface area contributed by atoms with Crippen molar-refractivity contribution >= 4 is 17.7 Å². The molecule has 0 atom stereocenters. The number of rotatable bonds is 2. The highest BCUT2D eigenvalue weighted by Crippen LogP contribution is 1.91. The Morgan fingerprint density at radius 2 is 2.36 bits per heavy atom. The number of thiocyanates is 1. The van der Waals surface area contributed by atoms with E-state index in [0.29, 0.717) is 5.75 Å². The van der Waals surface area contributed by atoms with Crippen LogP contribution < -0.4 is 0 Å². The fourth-order valence-corrected chi connectivity index (χ4v) is 0.547. The van der Waals surface area contributed by atoms with Crippen molar-refractivity contribution in [3.8, 4) is 17.2 Å². The highest BCUT2D eigenvalue weighted by molar-refractivity contribution is 8.03. The first kappa shape index (κ1) is 9.87. The van der Waals surface area contributed by atoms with Crippen molar-refractivity contribution in [2.24, 2.45) is 0 Å². The van der Waals surface area contributed by atoms with E-state index in [-0.39, 0.29) is 12.6 Å². The van der Waals surface area contributed by atoms with Crippen LogP contribution in [0, 0.1) is 22.5 Å². The lowest BCUT2D eigenvalue weighted by Gasteiger charge is -1.90. The molecule has 0 aromatic rings. The number of hydrogen-bond acceptors (Lipinski definition) is 4. The van der Waals surface area contributed by atoms with Crippen LogP contribution in [0.1, 0.15) is 6.92 Å². The summed E-state index contributed by atoms with van der Waals surface area (Å²) in [7, 11) is 0. The summed E-state index contributed by atoms with van der Waals surface area (Å²) < 4.78 is 4.52. The Labute approximate surface area is 69.7 Å². The predicted molar refractivity (Wildman–Crippen MR) is 42.5 cm³/mol. The number of carbonyl (C=O) groups excluding carboxylic acids is 1. The molecule has 0 unspecified atom stereocenters. The quantitative estimate of drug-likeness (QED) is 0.265. The van der Waals surface area contributed by atoms with E-state index in [9.17, 15) is 4.79 Å². The molecule has 0 aromatic heterocycles. The molecular formula is C7H7NO2S. The zero-order chi connectivity index (χ0) is 8.53. The van der Waals surface area contributed by atoms with Gasteiger partial charge in [-0.15, -0.1) is 0 Å². The topological polar surface area (TPSA) is 50.1 Å². The van der Waals surface area contributed by atoms with Gasteiger partial charge in [-0.25, -0.2) is 0 Å². The third-order valence-corrected chi connectivity index (χ3v) is 1.10. The van der Waals surface area contributed by atoms with Crippen LogP contribution in [0.3, 0.4) is 0 Å². The molecule has 0 aliphatic carbocycles. The molecule has 0 aliphatic heterocycles. The van der Waals surface area contributed by atoms with Crippen LogP contribution in [0.2, 0.25) is 0 Å². The monoisotopic (exact) mass is 169 g/mol. The van der Waals surface area contributed by atoms with Crippen LogP contribution in [0.25, 0.3) is 0 Å². The van der Waals surface area contributed by atoms with Gasteiger partial charge < -0.3 is 4.74 Å². The Bertz CT molecular complexity index is 221. The SMILES string of the molecule is CC(=O)OCC#CCSC#N. The summed E-state index contributed by atoms with van der Waals surface area (Å²) in [5.74, 6) is 5.36. The molecule has 4 heteroatoms. The molecule has 0 spiro atoms. The Morgan fingerprint density at radius 1 is 1.64 bits per heavy atom. The number of hydrogen-bond donors (Lipinski definition) is 0. The molecule has 0 rings (SSSR count). The maximum atomic E-state index is 10.2. The molecule has 0 radical (unpaired) electrons. The van der Waals surface area contributed by atoms with Crippen molar-refractivity contribution in [3.05, 3.63) is 0 Å². The van der Waals surface area contributed by atoms with Gasteiger partial charge in [-0.2, -0.15) is 5.26 Å². The first-order valence-electron chi connectivity index (χ1n) is 2.87. The number of ether oxygens (including phenoxy) is 1. The molecule has 0 aliphatic rings. The highest BCUT2D eigenvalue weighted by Gasteiger charge is 1.85. The Kier molecular flexibility index (Phi) is 6.27. The summed E-state index contributed by atoms with van der Waals surface area (Å²) in [6.45, 7) is 1.44. The van der Waals surface area contributed by atoms with E-state index in [4.69, 9.17) is 5.26 Å². The van der Waals surface area contributed by atoms with E-state index in [0.717, 1.165) is 11.8 Å². The van der Waals surface area contributed by atoms with Gasteiger partial charge in [0.2, 0.25) is 0 Å². The van der Waals surface area contributed by atoms with Crippen molar-refractivity contribution < 1.29 is 9.53 Å². The van der Waals surface area contributed by atoms with E-state index in [1.165, 1.54) is 6.92 Å². The normalized spacial score (nSPS) is 7.27. The van der Waals surface area contributed by atoms with E-state index >= 15 is 0 Å². The largest absolute Gasteiger partial charge is 0.453 e. The highest BCUT2D eigenvalue weighted by atomic mass is 32.2. The second-order valence-electron chi connectivity index (χ2n) is 1.51. The van der Waals surface area contributed by atoms with E-state index < -0.39 is 0 Å². The molecule has 0 saturated carbocycles. The van der Waals surface area contributed by atoms with E-state index in [1.807, 2.05) is 5.40 Å². The van der Waals surface area contributed by atoms with Crippen LogP contribution in [0.15, 0.2) is 0 Å². The first-order chi connectivity index (χ1) is 5.27. The summed E-state index contributed by atoms with van der Waals surface area (Å²) in [5, 5.41) is 9.94. The van der Waals surface area contributed by atoms with Crippen molar-refractivity contribution in [1.29, 1.82) is 5.26 Å². The van der Waals surface area contributed by atoms with Gasteiger partial charge in [-0.1, -0.05) is 11.8 Å². The molecule has 0 aromatic carbocycles. The zero-order valence-electron chi connectivity index (χ0n) is 6.09. The number of nitrogens with zero attached hydrogens (tertiary/aromatic N) is 1. The maximum absolute atomic E-state index is 10.2. The molecule has 0 N–H and O–H groups in total. The van der Waals surface area contributed by atoms with Gasteiger partial charge in [-0.05, 0) is 11.8 Å². The van der Waals surface area contributed by atoms with Gasteiger partial charge in [0.05, 0.1) is 5.75 Å². The van der Waals surface area contributed by atoms with Crippen molar-refractivity contribution in [2.45, 2.75) is 6.92 Å². The number of carbonyl (C=O) groups is 1. The fraction of sp³-hybridized carbons (Fsp3) is 0.429. The van der Waals surface area contributed by atoms with Crippen molar-refractivity contribution in [2.75, 3.05) is 12.4 Å². The number of nitriles is 1. The van der Waals surface area contributed by atoms with Gasteiger partial charge in [0, 0.05) is 6.92 Å². The van der Waals surface area contributed by atoms with Crippen LogP contribution >= 0.6 is 11.8 Å².